The quantitative estimate of drug-likeness (QED) is 0.335. The lowest BCUT2D eigenvalue weighted by Gasteiger charge is -2.23. The van der Waals surface area contributed by atoms with Crippen molar-refractivity contribution < 1.29 is 0 Å². The van der Waals surface area contributed by atoms with Gasteiger partial charge >= 0.3 is 0 Å². The number of aliphatic imine (C=N–C) groups is 1. The molecule has 0 bridgehead atoms. The van der Waals surface area contributed by atoms with Crippen molar-refractivity contribution >= 4 is 41.3 Å². The second kappa shape index (κ2) is 9.97. The third-order valence-electron chi connectivity index (χ3n) is 4.77. The number of nitrogens with one attached hydrogen (secondary N) is 2. The molecule has 0 radical (unpaired) electrons. The number of hydrogen-bond acceptors (Lipinski definition) is 3. The molecule has 0 amide bonds. The fourth-order valence-electron chi connectivity index (χ4n) is 2.96. The van der Waals surface area contributed by atoms with E-state index in [2.05, 4.69) is 45.0 Å². The van der Waals surface area contributed by atoms with Gasteiger partial charge in [-0.1, -0.05) is 13.0 Å². The van der Waals surface area contributed by atoms with E-state index in [1.165, 1.54) is 37.1 Å². The molecule has 1 heterocycles. The van der Waals surface area contributed by atoms with Crippen LogP contribution in [-0.4, -0.2) is 50.1 Å². The van der Waals surface area contributed by atoms with Crippen LogP contribution in [0.1, 0.15) is 43.4 Å². The average molecular weight is 462 g/mol. The van der Waals surface area contributed by atoms with Gasteiger partial charge in [-0.3, -0.25) is 9.89 Å². The summed E-state index contributed by atoms with van der Waals surface area (Å²) in [5.41, 5.74) is 0. The summed E-state index contributed by atoms with van der Waals surface area (Å²) in [5.74, 6) is 2.43. The molecule has 1 unspecified atom stereocenters. The Balaban J connectivity index is 0.00000208. The zero-order valence-corrected chi connectivity index (χ0v) is 18.0. The molecule has 0 aromatic carbocycles. The zero-order valence-electron chi connectivity index (χ0n) is 14.8. The predicted molar refractivity (Wildman–Crippen MR) is 115 cm³/mol. The molecule has 6 heteroatoms. The second-order valence-corrected chi connectivity index (χ2v) is 7.95. The molecule has 4 nitrogen and oxygen atoms in total. The smallest absolute Gasteiger partial charge is 0.191 e. The van der Waals surface area contributed by atoms with Crippen molar-refractivity contribution in [1.29, 1.82) is 0 Å². The lowest BCUT2D eigenvalue weighted by atomic mass is 10.1. The van der Waals surface area contributed by atoms with E-state index < -0.39 is 0 Å². The van der Waals surface area contributed by atoms with Crippen LogP contribution in [0.3, 0.4) is 0 Å². The van der Waals surface area contributed by atoms with Gasteiger partial charge in [0.25, 0.3) is 0 Å². The Kier molecular flexibility index (Phi) is 8.30. The first kappa shape index (κ1) is 20.0. The molecule has 2 aliphatic rings. The van der Waals surface area contributed by atoms with Gasteiger partial charge in [-0.05, 0) is 43.0 Å². The summed E-state index contributed by atoms with van der Waals surface area (Å²) in [7, 11) is 1.86. The van der Waals surface area contributed by atoms with Gasteiger partial charge in [-0.15, -0.1) is 35.3 Å². The van der Waals surface area contributed by atoms with E-state index in [0.29, 0.717) is 5.92 Å². The van der Waals surface area contributed by atoms with E-state index in [9.17, 15) is 0 Å². The van der Waals surface area contributed by atoms with Gasteiger partial charge in [0.2, 0.25) is 0 Å². The van der Waals surface area contributed by atoms with Crippen molar-refractivity contribution in [2.75, 3.05) is 33.2 Å². The summed E-state index contributed by atoms with van der Waals surface area (Å²) in [6, 6.07) is 5.19. The molecule has 24 heavy (non-hydrogen) atoms. The van der Waals surface area contributed by atoms with Crippen LogP contribution in [-0.2, 0) is 0 Å². The molecule has 0 aliphatic heterocycles. The number of thiophene rings is 1. The molecule has 1 atom stereocenters. The van der Waals surface area contributed by atoms with Gasteiger partial charge in [0, 0.05) is 50.1 Å². The van der Waals surface area contributed by atoms with Crippen LogP contribution < -0.4 is 10.6 Å². The largest absolute Gasteiger partial charge is 0.356 e. The highest BCUT2D eigenvalue weighted by atomic mass is 127. The second-order valence-electron chi connectivity index (χ2n) is 6.97. The molecule has 1 aromatic heterocycles. The van der Waals surface area contributed by atoms with Gasteiger partial charge in [-0.2, -0.15) is 0 Å². The molecule has 1 aromatic rings. The molecule has 2 fully saturated rings. The van der Waals surface area contributed by atoms with E-state index in [0.717, 1.165) is 37.6 Å². The molecule has 136 valence electrons. The summed E-state index contributed by atoms with van der Waals surface area (Å²) >= 11 is 1.83. The van der Waals surface area contributed by atoms with Crippen LogP contribution in [0.25, 0.3) is 0 Å². The van der Waals surface area contributed by atoms with E-state index in [1.54, 1.807) is 0 Å². The van der Waals surface area contributed by atoms with E-state index >= 15 is 0 Å². The van der Waals surface area contributed by atoms with Crippen LogP contribution in [0.2, 0.25) is 0 Å². The minimum atomic E-state index is 0. The molecule has 0 saturated heterocycles. The third kappa shape index (κ3) is 6.52. The highest BCUT2D eigenvalue weighted by Gasteiger charge is 2.33. The van der Waals surface area contributed by atoms with Crippen LogP contribution in [0.4, 0.5) is 0 Å². The van der Waals surface area contributed by atoms with Crippen molar-refractivity contribution in [3.05, 3.63) is 22.4 Å². The Morgan fingerprint density at radius 1 is 1.33 bits per heavy atom. The Bertz CT molecular complexity index is 497. The van der Waals surface area contributed by atoms with Gasteiger partial charge < -0.3 is 10.6 Å². The van der Waals surface area contributed by atoms with Gasteiger partial charge in [0.1, 0.15) is 0 Å². The maximum atomic E-state index is 4.35. The van der Waals surface area contributed by atoms with Crippen LogP contribution in [0.5, 0.6) is 0 Å². The van der Waals surface area contributed by atoms with E-state index in [4.69, 9.17) is 0 Å². The Hall–Kier alpha value is -0.340. The lowest BCUT2D eigenvalue weighted by molar-refractivity contribution is 0.256. The Morgan fingerprint density at radius 3 is 2.71 bits per heavy atom. The number of hydrogen-bond donors (Lipinski definition) is 2. The van der Waals surface area contributed by atoms with Crippen molar-refractivity contribution in [3.8, 4) is 0 Å². The fraction of sp³-hybridized carbons (Fsp3) is 0.722. The summed E-state index contributed by atoms with van der Waals surface area (Å²) in [6.07, 6.45) is 5.69. The summed E-state index contributed by atoms with van der Waals surface area (Å²) in [5, 5.41) is 9.08. The maximum absolute atomic E-state index is 4.35. The number of halogens is 1. The standard InChI is InChI=1S/C18H30N4S.HI/c1-14(17-4-3-11-23-17)12-21-18(19-2)20-9-10-22(16-7-8-16)13-15-5-6-15;/h3-4,11,14-16H,5-10,12-13H2,1-2H3,(H2,19,20,21);1H. The molecule has 3 rings (SSSR count). The zero-order chi connectivity index (χ0) is 16.1. The van der Waals surface area contributed by atoms with Gasteiger partial charge in [0.15, 0.2) is 5.96 Å². The number of rotatable bonds is 9. The molecule has 2 aliphatic carbocycles. The molecule has 0 spiro atoms. The average Bonchev–Trinajstić information content (AvgIpc) is 3.49. The van der Waals surface area contributed by atoms with Crippen molar-refractivity contribution in [1.82, 2.24) is 15.5 Å². The molecular formula is C18H31IN4S. The highest BCUT2D eigenvalue weighted by Crippen LogP contribution is 2.34. The number of nitrogens with zero attached hydrogens (tertiary/aromatic N) is 2. The van der Waals surface area contributed by atoms with Crippen LogP contribution in [0, 0.1) is 5.92 Å². The minimum Gasteiger partial charge on any atom is -0.356 e. The van der Waals surface area contributed by atoms with Gasteiger partial charge in [0.05, 0.1) is 0 Å². The summed E-state index contributed by atoms with van der Waals surface area (Å²) in [6.45, 7) is 6.62. The van der Waals surface area contributed by atoms with Crippen molar-refractivity contribution in [2.24, 2.45) is 10.9 Å². The van der Waals surface area contributed by atoms with Crippen molar-refractivity contribution in [2.45, 2.75) is 44.6 Å². The first-order chi connectivity index (χ1) is 11.3. The normalized spacial score (nSPS) is 19.0. The SMILES string of the molecule is CN=C(NCCN(CC1CC1)C1CC1)NCC(C)c1cccs1.I. The maximum Gasteiger partial charge on any atom is 0.191 e. The summed E-state index contributed by atoms with van der Waals surface area (Å²) < 4.78 is 0. The molecular weight excluding hydrogens is 431 g/mol. The number of guanidine groups is 1. The summed E-state index contributed by atoms with van der Waals surface area (Å²) in [4.78, 5) is 8.47. The van der Waals surface area contributed by atoms with Gasteiger partial charge in [-0.25, -0.2) is 0 Å². The molecule has 2 saturated carbocycles. The van der Waals surface area contributed by atoms with Crippen molar-refractivity contribution in [3.63, 3.8) is 0 Å². The minimum absolute atomic E-state index is 0. The highest BCUT2D eigenvalue weighted by molar-refractivity contribution is 14.0. The lowest BCUT2D eigenvalue weighted by Crippen LogP contribution is -2.43. The Labute approximate surface area is 167 Å². The first-order valence-electron chi connectivity index (χ1n) is 8.98. The topological polar surface area (TPSA) is 39.7 Å². The Morgan fingerprint density at radius 2 is 2.12 bits per heavy atom. The fourth-order valence-corrected chi connectivity index (χ4v) is 3.74. The predicted octanol–water partition coefficient (Wildman–Crippen LogP) is 3.51. The first-order valence-corrected chi connectivity index (χ1v) is 9.86. The van der Waals surface area contributed by atoms with Crippen LogP contribution in [0.15, 0.2) is 22.5 Å². The third-order valence-corrected chi connectivity index (χ3v) is 5.88. The van der Waals surface area contributed by atoms with E-state index in [-0.39, 0.29) is 24.0 Å². The van der Waals surface area contributed by atoms with Crippen LogP contribution >= 0.6 is 35.3 Å². The van der Waals surface area contributed by atoms with E-state index in [1.807, 2.05) is 18.4 Å². The monoisotopic (exact) mass is 462 g/mol. The molecule has 2 N–H and O–H groups in total.